The molecule has 0 bridgehead atoms. The summed E-state index contributed by atoms with van der Waals surface area (Å²) >= 11 is 4.64. The summed E-state index contributed by atoms with van der Waals surface area (Å²) < 4.78 is 14.9. The van der Waals surface area contributed by atoms with Crippen LogP contribution in [-0.4, -0.2) is 20.3 Å². The summed E-state index contributed by atoms with van der Waals surface area (Å²) in [6.07, 6.45) is 0. The summed E-state index contributed by atoms with van der Waals surface area (Å²) in [5, 5.41) is 9.03. The Morgan fingerprint density at radius 3 is 2.88 bits per heavy atom. The van der Waals surface area contributed by atoms with Crippen LogP contribution >= 0.6 is 25.0 Å². The van der Waals surface area contributed by atoms with Gasteiger partial charge in [0, 0.05) is 19.2 Å². The number of hydrogen-bond acceptors (Lipinski definition) is 6. The molecule has 1 aromatic carbocycles. The molecule has 0 saturated heterocycles. The van der Waals surface area contributed by atoms with Gasteiger partial charge in [-0.1, -0.05) is 6.07 Å². The Bertz CT molecular complexity index is 379. The summed E-state index contributed by atoms with van der Waals surface area (Å²) in [4.78, 5) is 0.674. The number of rotatable bonds is 6. The molecule has 0 saturated carbocycles. The summed E-state index contributed by atoms with van der Waals surface area (Å²) in [6, 6.07) is 7.36. The second-order valence-electron chi connectivity index (χ2n) is 2.74. The number of nitriles is 1. The average Bonchev–Trinajstić information content (AvgIpc) is 2.30. The molecule has 0 aromatic heterocycles. The maximum Gasteiger partial charge on any atom is 0.138 e. The molecular weight excluding hydrogens is 246 g/mol. The molecule has 0 atom stereocenters. The number of hydrogen-bond donors (Lipinski definition) is 1. The highest BCUT2D eigenvalue weighted by Gasteiger charge is 2.09. The van der Waals surface area contributed by atoms with Crippen LogP contribution in [0.25, 0.3) is 0 Å². The molecule has 6 heteroatoms. The van der Waals surface area contributed by atoms with Crippen LogP contribution in [0.1, 0.15) is 5.56 Å². The van der Waals surface area contributed by atoms with Crippen LogP contribution in [0.5, 0.6) is 5.75 Å². The van der Waals surface area contributed by atoms with Crippen molar-refractivity contribution in [2.75, 3.05) is 20.3 Å². The van der Waals surface area contributed by atoms with Crippen LogP contribution in [0.3, 0.4) is 0 Å². The highest BCUT2D eigenvalue weighted by atomic mass is 32.2. The zero-order chi connectivity index (χ0) is 11.8. The molecule has 0 aliphatic heterocycles. The molecule has 4 nitrogen and oxygen atoms in total. The highest BCUT2D eigenvalue weighted by molar-refractivity contribution is 8.01. The molecule has 86 valence electrons. The Morgan fingerprint density at radius 2 is 2.25 bits per heavy atom. The minimum absolute atomic E-state index is 0.404. The van der Waals surface area contributed by atoms with E-state index in [1.807, 2.05) is 0 Å². The lowest BCUT2D eigenvalue weighted by molar-refractivity contribution is 0.146. The maximum atomic E-state index is 9.03. The predicted octanol–water partition coefficient (Wildman–Crippen LogP) is 2.45. The average molecular weight is 257 g/mol. The van der Waals surface area contributed by atoms with E-state index in [1.54, 1.807) is 25.3 Å². The zero-order valence-electron chi connectivity index (χ0n) is 8.67. The predicted molar refractivity (Wildman–Crippen MR) is 64.5 cm³/mol. The lowest BCUT2D eigenvalue weighted by atomic mass is 10.2. The number of methoxy groups -OCH3 is 1. The van der Waals surface area contributed by atoms with Crippen molar-refractivity contribution in [3.63, 3.8) is 0 Å². The van der Waals surface area contributed by atoms with Crippen LogP contribution in [0.2, 0.25) is 0 Å². The first-order valence-electron chi connectivity index (χ1n) is 4.46. The Balaban J connectivity index is 2.83. The third-order valence-electron chi connectivity index (χ3n) is 1.77. The summed E-state index contributed by atoms with van der Waals surface area (Å²) in [5.74, 6) is 0.523. The fourth-order valence-corrected chi connectivity index (χ4v) is 1.77. The van der Waals surface area contributed by atoms with Crippen molar-refractivity contribution < 1.29 is 13.1 Å². The fourth-order valence-electron chi connectivity index (χ4n) is 1.09. The van der Waals surface area contributed by atoms with E-state index >= 15 is 0 Å². The Labute approximate surface area is 104 Å². The van der Waals surface area contributed by atoms with Gasteiger partial charge in [0.1, 0.15) is 24.0 Å². The second-order valence-corrected chi connectivity index (χ2v) is 3.94. The van der Waals surface area contributed by atoms with E-state index in [4.69, 9.17) is 14.7 Å². The molecule has 0 aliphatic carbocycles. The fraction of sp³-hybridized carbons (Fsp3) is 0.300. The Kier molecular flexibility index (Phi) is 6.11. The summed E-state index contributed by atoms with van der Waals surface area (Å²) in [5.41, 5.74) is 0.442. The van der Waals surface area contributed by atoms with E-state index in [-0.39, 0.29) is 0 Å². The number of nitrogens with zero attached hydrogens (tertiary/aromatic N) is 1. The smallest absolute Gasteiger partial charge is 0.138 e. The number of benzene rings is 1. The van der Waals surface area contributed by atoms with Gasteiger partial charge in [0.25, 0.3) is 0 Å². The van der Waals surface area contributed by atoms with Gasteiger partial charge in [0.2, 0.25) is 0 Å². The van der Waals surface area contributed by atoms with E-state index in [9.17, 15) is 0 Å². The molecule has 1 aromatic rings. The molecule has 1 rings (SSSR count). The summed E-state index contributed by atoms with van der Waals surface area (Å²) in [6.45, 7) is 0.881. The SMILES string of the molecule is COCCOc1cccc(SOS)c1C#N. The van der Waals surface area contributed by atoms with Gasteiger partial charge in [-0.3, -0.25) is 0 Å². The van der Waals surface area contributed by atoms with Gasteiger partial charge in [-0.2, -0.15) is 5.26 Å². The topological polar surface area (TPSA) is 51.5 Å². The van der Waals surface area contributed by atoms with Gasteiger partial charge < -0.3 is 9.47 Å². The number of ether oxygens (including phenoxy) is 2. The monoisotopic (exact) mass is 257 g/mol. The molecule has 0 unspecified atom stereocenters. The largest absolute Gasteiger partial charge is 0.490 e. The lowest BCUT2D eigenvalue weighted by Gasteiger charge is -2.09. The van der Waals surface area contributed by atoms with Crippen LogP contribution in [0.15, 0.2) is 23.1 Å². The minimum atomic E-state index is 0.404. The molecule has 0 N–H and O–H groups in total. The van der Waals surface area contributed by atoms with Crippen molar-refractivity contribution in [2.45, 2.75) is 4.90 Å². The normalized spacial score (nSPS) is 9.81. The highest BCUT2D eigenvalue weighted by Crippen LogP contribution is 2.30. The van der Waals surface area contributed by atoms with E-state index in [1.165, 1.54) is 0 Å². The van der Waals surface area contributed by atoms with Gasteiger partial charge in [-0.25, -0.2) is 3.63 Å². The van der Waals surface area contributed by atoms with Crippen LogP contribution < -0.4 is 4.74 Å². The lowest BCUT2D eigenvalue weighted by Crippen LogP contribution is -2.05. The quantitative estimate of drug-likeness (QED) is 0.482. The first-order chi connectivity index (χ1) is 7.83. The van der Waals surface area contributed by atoms with E-state index in [0.717, 1.165) is 12.0 Å². The van der Waals surface area contributed by atoms with Crippen molar-refractivity contribution in [3.05, 3.63) is 23.8 Å². The molecule has 0 fully saturated rings. The van der Waals surface area contributed by atoms with Crippen LogP contribution in [0.4, 0.5) is 0 Å². The molecule has 0 heterocycles. The summed E-state index contributed by atoms with van der Waals surface area (Å²) in [7, 11) is 1.59. The first-order valence-corrected chi connectivity index (χ1v) is 5.57. The van der Waals surface area contributed by atoms with E-state index in [2.05, 4.69) is 22.6 Å². The number of thiol groups is 1. The van der Waals surface area contributed by atoms with Crippen molar-refractivity contribution in [1.82, 2.24) is 0 Å². The van der Waals surface area contributed by atoms with Gasteiger partial charge in [0.15, 0.2) is 0 Å². The van der Waals surface area contributed by atoms with Crippen molar-refractivity contribution in [3.8, 4) is 11.8 Å². The van der Waals surface area contributed by atoms with Crippen LogP contribution in [-0.2, 0) is 8.37 Å². The van der Waals surface area contributed by atoms with Gasteiger partial charge in [-0.15, -0.1) is 0 Å². The van der Waals surface area contributed by atoms with Gasteiger partial charge >= 0.3 is 0 Å². The van der Waals surface area contributed by atoms with Crippen LogP contribution in [0, 0.1) is 11.3 Å². The van der Waals surface area contributed by atoms with Gasteiger partial charge in [-0.05, 0) is 25.0 Å². The molecule has 0 amide bonds. The Hall–Kier alpha value is -0.870. The second kappa shape index (κ2) is 7.41. The maximum absolute atomic E-state index is 9.03. The minimum Gasteiger partial charge on any atom is -0.490 e. The molecule has 0 aliphatic rings. The van der Waals surface area contributed by atoms with Crippen molar-refractivity contribution in [2.24, 2.45) is 0 Å². The van der Waals surface area contributed by atoms with Crippen molar-refractivity contribution >= 4 is 25.0 Å². The molecule has 0 radical (unpaired) electrons. The first kappa shape index (κ1) is 13.2. The standard InChI is InChI=1S/C10H11NO3S2/c1-12-5-6-13-9-3-2-4-10(16-14-15)8(9)7-11/h2-4,15H,5-6H2,1H3. The van der Waals surface area contributed by atoms with E-state index in [0.29, 0.717) is 29.4 Å². The molecule has 16 heavy (non-hydrogen) atoms. The third-order valence-corrected chi connectivity index (χ3v) is 2.59. The van der Waals surface area contributed by atoms with Gasteiger partial charge in [0.05, 0.1) is 11.5 Å². The van der Waals surface area contributed by atoms with E-state index < -0.39 is 0 Å². The molecular formula is C10H11NO3S2. The zero-order valence-corrected chi connectivity index (χ0v) is 10.4. The molecule has 0 spiro atoms. The van der Waals surface area contributed by atoms with Crippen molar-refractivity contribution in [1.29, 1.82) is 5.26 Å². The third kappa shape index (κ3) is 3.61. The Morgan fingerprint density at radius 1 is 1.44 bits per heavy atom.